The van der Waals surface area contributed by atoms with E-state index in [0.717, 1.165) is 18.2 Å². The third-order valence-corrected chi connectivity index (χ3v) is 4.02. The number of benzene rings is 1. The highest BCUT2D eigenvalue weighted by atomic mass is 32.1. The Morgan fingerprint density at radius 3 is 2.85 bits per heavy atom. The molecule has 0 unspecified atom stereocenters. The monoisotopic (exact) mass is 290 g/mol. The highest BCUT2D eigenvalue weighted by Gasteiger charge is 2.17. The average molecular weight is 290 g/mol. The van der Waals surface area contributed by atoms with Crippen LogP contribution < -0.4 is 10.2 Å². The predicted molar refractivity (Wildman–Crippen MR) is 77.4 cm³/mol. The minimum Gasteiger partial charge on any atom is -0.508 e. The molecule has 0 spiro atoms. The molecule has 1 amide bonds. The second kappa shape index (κ2) is 5.46. The molecule has 1 fully saturated rings. The molecular formula is C13H14N4O2S. The van der Waals surface area contributed by atoms with Crippen LogP contribution in [0.3, 0.4) is 0 Å². The Kier molecular flexibility index (Phi) is 3.51. The van der Waals surface area contributed by atoms with E-state index in [9.17, 15) is 9.90 Å². The van der Waals surface area contributed by atoms with E-state index in [1.165, 1.54) is 36.3 Å². The van der Waals surface area contributed by atoms with E-state index >= 15 is 0 Å². The van der Waals surface area contributed by atoms with Gasteiger partial charge in [0.15, 0.2) is 0 Å². The third-order valence-electron chi connectivity index (χ3n) is 3.12. The fourth-order valence-corrected chi connectivity index (χ4v) is 2.91. The van der Waals surface area contributed by atoms with Crippen LogP contribution in [0.1, 0.15) is 23.2 Å². The van der Waals surface area contributed by atoms with Crippen molar-refractivity contribution in [1.29, 1.82) is 0 Å². The molecule has 0 radical (unpaired) electrons. The van der Waals surface area contributed by atoms with Crippen LogP contribution in [-0.2, 0) is 0 Å². The summed E-state index contributed by atoms with van der Waals surface area (Å²) in [5.74, 6) is -0.238. The number of carbonyl (C=O) groups is 1. The Bertz CT molecular complexity index is 622. The summed E-state index contributed by atoms with van der Waals surface area (Å²) in [5, 5.41) is 21.4. The van der Waals surface area contributed by atoms with E-state index in [1.807, 2.05) is 0 Å². The van der Waals surface area contributed by atoms with Gasteiger partial charge in [-0.1, -0.05) is 17.4 Å². The highest BCUT2D eigenvalue weighted by molar-refractivity contribution is 7.19. The SMILES string of the molecule is O=C(Nc1nnc(N2CCCC2)s1)c1cccc(O)c1. The van der Waals surface area contributed by atoms with Gasteiger partial charge in [-0.05, 0) is 31.0 Å². The number of hydrogen-bond donors (Lipinski definition) is 2. The zero-order valence-electron chi connectivity index (χ0n) is 10.7. The topological polar surface area (TPSA) is 78.4 Å². The molecule has 1 aliphatic rings. The van der Waals surface area contributed by atoms with Gasteiger partial charge < -0.3 is 10.0 Å². The first-order valence-electron chi connectivity index (χ1n) is 6.41. The van der Waals surface area contributed by atoms with Gasteiger partial charge in [0, 0.05) is 18.7 Å². The Hall–Kier alpha value is -2.15. The lowest BCUT2D eigenvalue weighted by atomic mass is 10.2. The lowest BCUT2D eigenvalue weighted by Gasteiger charge is -2.10. The van der Waals surface area contributed by atoms with Gasteiger partial charge in [-0.25, -0.2) is 0 Å². The summed E-state index contributed by atoms with van der Waals surface area (Å²) < 4.78 is 0. The zero-order valence-corrected chi connectivity index (χ0v) is 11.6. The van der Waals surface area contributed by atoms with Crippen molar-refractivity contribution in [2.75, 3.05) is 23.3 Å². The molecule has 104 valence electrons. The maximum atomic E-state index is 12.0. The minimum absolute atomic E-state index is 0.0627. The molecule has 0 atom stereocenters. The zero-order chi connectivity index (χ0) is 13.9. The summed E-state index contributed by atoms with van der Waals surface area (Å²) in [6, 6.07) is 6.20. The highest BCUT2D eigenvalue weighted by Crippen LogP contribution is 2.27. The molecular weight excluding hydrogens is 276 g/mol. The van der Waals surface area contributed by atoms with Crippen LogP contribution in [0.5, 0.6) is 5.75 Å². The summed E-state index contributed by atoms with van der Waals surface area (Å²) in [4.78, 5) is 14.2. The number of carbonyl (C=O) groups excluding carboxylic acids is 1. The first-order chi connectivity index (χ1) is 9.72. The van der Waals surface area contributed by atoms with Crippen molar-refractivity contribution >= 4 is 27.5 Å². The number of aromatic hydroxyl groups is 1. The Balaban J connectivity index is 1.70. The second-order valence-electron chi connectivity index (χ2n) is 4.59. The fourth-order valence-electron chi connectivity index (χ4n) is 2.12. The number of nitrogens with zero attached hydrogens (tertiary/aromatic N) is 3. The van der Waals surface area contributed by atoms with E-state index in [2.05, 4.69) is 20.4 Å². The van der Waals surface area contributed by atoms with Crippen molar-refractivity contribution in [3.05, 3.63) is 29.8 Å². The van der Waals surface area contributed by atoms with E-state index in [-0.39, 0.29) is 11.7 Å². The molecule has 0 aliphatic carbocycles. The standard InChI is InChI=1S/C13H14N4O2S/c18-10-5-3-4-9(8-10)11(19)14-12-15-16-13(20-12)17-6-1-2-7-17/h3-5,8,18H,1-2,6-7H2,(H,14,15,19). The predicted octanol–water partition coefficient (Wildman–Crippen LogP) is 2.10. The number of hydrogen-bond acceptors (Lipinski definition) is 6. The molecule has 2 N–H and O–H groups in total. The van der Waals surface area contributed by atoms with Crippen molar-refractivity contribution < 1.29 is 9.90 Å². The Labute approximate surface area is 120 Å². The minimum atomic E-state index is -0.301. The Morgan fingerprint density at radius 1 is 1.30 bits per heavy atom. The smallest absolute Gasteiger partial charge is 0.257 e. The van der Waals surface area contributed by atoms with Gasteiger partial charge in [0.2, 0.25) is 10.3 Å². The maximum absolute atomic E-state index is 12.0. The van der Waals surface area contributed by atoms with Crippen molar-refractivity contribution in [3.63, 3.8) is 0 Å². The molecule has 3 rings (SSSR count). The van der Waals surface area contributed by atoms with Gasteiger partial charge in [-0.2, -0.15) is 0 Å². The lowest BCUT2D eigenvalue weighted by Crippen LogP contribution is -2.17. The normalized spacial score (nSPS) is 14.5. The number of amides is 1. The first kappa shape index (κ1) is 12.9. The van der Waals surface area contributed by atoms with Gasteiger partial charge in [0.1, 0.15) is 5.75 Å². The molecule has 2 aromatic rings. The molecule has 1 aliphatic heterocycles. The summed E-state index contributed by atoms with van der Waals surface area (Å²) >= 11 is 1.37. The molecule has 6 nitrogen and oxygen atoms in total. The number of rotatable bonds is 3. The lowest BCUT2D eigenvalue weighted by molar-refractivity contribution is 0.102. The number of aromatic nitrogens is 2. The molecule has 1 aromatic carbocycles. The van der Waals surface area contributed by atoms with Crippen molar-refractivity contribution in [1.82, 2.24) is 10.2 Å². The summed E-state index contributed by atoms with van der Waals surface area (Å²) in [5.41, 5.74) is 0.392. The number of anilines is 2. The molecule has 0 saturated carbocycles. The van der Waals surface area contributed by atoms with Crippen molar-refractivity contribution in [2.24, 2.45) is 0 Å². The average Bonchev–Trinajstić information content (AvgIpc) is 3.08. The van der Waals surface area contributed by atoms with Gasteiger partial charge in [0.05, 0.1) is 0 Å². The first-order valence-corrected chi connectivity index (χ1v) is 7.23. The van der Waals surface area contributed by atoms with Crippen LogP contribution in [0.25, 0.3) is 0 Å². The maximum Gasteiger partial charge on any atom is 0.257 e. The van der Waals surface area contributed by atoms with E-state index < -0.39 is 0 Å². The number of nitrogens with one attached hydrogen (secondary N) is 1. The van der Waals surface area contributed by atoms with E-state index in [4.69, 9.17) is 0 Å². The van der Waals surface area contributed by atoms with Gasteiger partial charge in [0.25, 0.3) is 5.91 Å². The summed E-state index contributed by atoms with van der Waals surface area (Å²) in [6.07, 6.45) is 2.34. The van der Waals surface area contributed by atoms with Gasteiger partial charge >= 0.3 is 0 Å². The van der Waals surface area contributed by atoms with Crippen molar-refractivity contribution in [3.8, 4) is 5.75 Å². The number of phenols is 1. The van der Waals surface area contributed by atoms with E-state index in [0.29, 0.717) is 10.7 Å². The quantitative estimate of drug-likeness (QED) is 0.905. The molecule has 2 heterocycles. The molecule has 1 aromatic heterocycles. The van der Waals surface area contributed by atoms with Crippen LogP contribution in [0.15, 0.2) is 24.3 Å². The van der Waals surface area contributed by atoms with Crippen LogP contribution in [0.4, 0.5) is 10.3 Å². The van der Waals surface area contributed by atoms with Crippen LogP contribution in [-0.4, -0.2) is 34.3 Å². The van der Waals surface area contributed by atoms with E-state index in [1.54, 1.807) is 12.1 Å². The van der Waals surface area contributed by atoms with Crippen LogP contribution in [0.2, 0.25) is 0 Å². The largest absolute Gasteiger partial charge is 0.508 e. The van der Waals surface area contributed by atoms with Crippen molar-refractivity contribution in [2.45, 2.75) is 12.8 Å². The second-order valence-corrected chi connectivity index (χ2v) is 5.54. The molecule has 20 heavy (non-hydrogen) atoms. The van der Waals surface area contributed by atoms with Gasteiger partial charge in [-0.3, -0.25) is 10.1 Å². The summed E-state index contributed by atoms with van der Waals surface area (Å²) in [7, 11) is 0. The Morgan fingerprint density at radius 2 is 2.10 bits per heavy atom. The van der Waals surface area contributed by atoms with Crippen LogP contribution in [0, 0.1) is 0 Å². The molecule has 7 heteroatoms. The van der Waals surface area contributed by atoms with Crippen LogP contribution >= 0.6 is 11.3 Å². The molecule has 1 saturated heterocycles. The summed E-state index contributed by atoms with van der Waals surface area (Å²) in [6.45, 7) is 1.99. The number of phenolic OH excluding ortho intramolecular Hbond substituents is 1. The third kappa shape index (κ3) is 2.72. The van der Waals surface area contributed by atoms with Gasteiger partial charge in [-0.15, -0.1) is 10.2 Å². The molecule has 0 bridgehead atoms. The fraction of sp³-hybridized carbons (Fsp3) is 0.308.